The van der Waals surface area contributed by atoms with Gasteiger partial charge in [0.25, 0.3) is 0 Å². The predicted octanol–water partition coefficient (Wildman–Crippen LogP) is 2.42. The van der Waals surface area contributed by atoms with Crippen LogP contribution in [0.15, 0.2) is 42.5 Å². The van der Waals surface area contributed by atoms with Crippen LogP contribution in [0.3, 0.4) is 0 Å². The summed E-state index contributed by atoms with van der Waals surface area (Å²) in [7, 11) is 3.53. The number of methoxy groups -OCH3 is 1. The minimum atomic E-state index is -0.181. The van der Waals surface area contributed by atoms with E-state index < -0.39 is 0 Å². The van der Waals surface area contributed by atoms with Crippen molar-refractivity contribution in [3.63, 3.8) is 0 Å². The summed E-state index contributed by atoms with van der Waals surface area (Å²) in [5.41, 5.74) is 3.57. The van der Waals surface area contributed by atoms with Gasteiger partial charge in [-0.15, -0.1) is 0 Å². The molecule has 0 saturated heterocycles. The first-order valence-electron chi connectivity index (χ1n) is 8.49. The van der Waals surface area contributed by atoms with Gasteiger partial charge in [-0.2, -0.15) is 0 Å². The summed E-state index contributed by atoms with van der Waals surface area (Å²) in [6.45, 7) is 2.85. The highest BCUT2D eigenvalue weighted by atomic mass is 16.5. The van der Waals surface area contributed by atoms with Crippen molar-refractivity contribution >= 4 is 23.2 Å². The lowest BCUT2D eigenvalue weighted by atomic mass is 10.1. The van der Waals surface area contributed by atoms with E-state index in [1.807, 2.05) is 49.2 Å². The van der Waals surface area contributed by atoms with Gasteiger partial charge in [0, 0.05) is 12.1 Å². The first kappa shape index (κ1) is 17.9. The van der Waals surface area contributed by atoms with Crippen molar-refractivity contribution in [2.75, 3.05) is 37.5 Å². The predicted molar refractivity (Wildman–Crippen MR) is 101 cm³/mol. The number of fused-ring (bicyclic) bond motifs is 1. The van der Waals surface area contributed by atoms with Crippen molar-refractivity contribution < 1.29 is 14.3 Å². The van der Waals surface area contributed by atoms with Crippen molar-refractivity contribution in [1.82, 2.24) is 4.90 Å². The smallest absolute Gasteiger partial charge is 0.244 e. The van der Waals surface area contributed by atoms with Crippen LogP contribution in [-0.4, -0.2) is 44.0 Å². The molecule has 0 bridgehead atoms. The molecule has 0 fully saturated rings. The van der Waals surface area contributed by atoms with Crippen LogP contribution in [0.2, 0.25) is 0 Å². The monoisotopic (exact) mass is 353 g/mol. The first-order chi connectivity index (χ1) is 12.5. The Bertz CT molecular complexity index is 835. The molecule has 2 aromatic rings. The number of nitrogens with one attached hydrogen (secondary N) is 1. The molecule has 1 N–H and O–H groups in total. The van der Waals surface area contributed by atoms with Gasteiger partial charge in [-0.3, -0.25) is 19.4 Å². The first-order valence-corrected chi connectivity index (χ1v) is 8.49. The Kier molecular flexibility index (Phi) is 5.23. The van der Waals surface area contributed by atoms with E-state index in [-0.39, 0.29) is 24.9 Å². The zero-order valence-corrected chi connectivity index (χ0v) is 15.3. The molecular formula is C20H23N3O3. The van der Waals surface area contributed by atoms with Crippen molar-refractivity contribution in [3.8, 4) is 5.75 Å². The fourth-order valence-corrected chi connectivity index (χ4v) is 3.15. The zero-order valence-electron chi connectivity index (χ0n) is 15.3. The molecule has 0 aromatic heterocycles. The van der Waals surface area contributed by atoms with Crippen molar-refractivity contribution in [2.45, 2.75) is 13.5 Å². The molecule has 136 valence electrons. The van der Waals surface area contributed by atoms with Gasteiger partial charge in [-0.25, -0.2) is 0 Å². The van der Waals surface area contributed by atoms with Crippen LogP contribution in [0.25, 0.3) is 0 Å². The van der Waals surface area contributed by atoms with Gasteiger partial charge in [-0.1, -0.05) is 29.8 Å². The summed E-state index contributed by atoms with van der Waals surface area (Å²) in [4.78, 5) is 28.2. The number of nitrogens with zero attached hydrogens (tertiary/aromatic N) is 2. The molecule has 0 aliphatic carbocycles. The lowest BCUT2D eigenvalue weighted by molar-refractivity contribution is -0.122. The van der Waals surface area contributed by atoms with E-state index in [1.54, 1.807) is 13.2 Å². The van der Waals surface area contributed by atoms with E-state index in [9.17, 15) is 9.59 Å². The summed E-state index contributed by atoms with van der Waals surface area (Å²) < 4.78 is 5.41. The topological polar surface area (TPSA) is 61.9 Å². The van der Waals surface area contributed by atoms with Crippen LogP contribution in [0.4, 0.5) is 11.4 Å². The van der Waals surface area contributed by atoms with E-state index in [2.05, 4.69) is 11.4 Å². The zero-order chi connectivity index (χ0) is 18.7. The van der Waals surface area contributed by atoms with Crippen LogP contribution in [0.1, 0.15) is 11.1 Å². The number of hydrogen-bond acceptors (Lipinski definition) is 4. The lowest BCUT2D eigenvalue weighted by Crippen LogP contribution is -2.45. The molecule has 2 aromatic carbocycles. The van der Waals surface area contributed by atoms with Gasteiger partial charge in [0.2, 0.25) is 11.8 Å². The van der Waals surface area contributed by atoms with Gasteiger partial charge < -0.3 is 10.1 Å². The molecule has 0 unspecified atom stereocenters. The lowest BCUT2D eigenvalue weighted by Gasteiger charge is -2.30. The Morgan fingerprint density at radius 1 is 1.27 bits per heavy atom. The van der Waals surface area contributed by atoms with E-state index >= 15 is 0 Å². The van der Waals surface area contributed by atoms with Gasteiger partial charge >= 0.3 is 0 Å². The van der Waals surface area contributed by atoms with E-state index in [4.69, 9.17) is 4.74 Å². The Hall–Kier alpha value is -2.86. The Labute approximate surface area is 153 Å². The van der Waals surface area contributed by atoms with E-state index in [0.29, 0.717) is 12.2 Å². The van der Waals surface area contributed by atoms with Gasteiger partial charge in [0.1, 0.15) is 12.3 Å². The third-order valence-corrected chi connectivity index (χ3v) is 4.35. The molecule has 1 aliphatic heterocycles. The average Bonchev–Trinajstić information content (AvgIpc) is 2.61. The highest BCUT2D eigenvalue weighted by Gasteiger charge is 2.27. The fourth-order valence-electron chi connectivity index (χ4n) is 3.15. The Balaban J connectivity index is 1.72. The van der Waals surface area contributed by atoms with Gasteiger partial charge in [0.05, 0.1) is 25.0 Å². The molecule has 6 heteroatoms. The fraction of sp³-hybridized carbons (Fsp3) is 0.300. The molecule has 0 saturated carbocycles. The van der Waals surface area contributed by atoms with Crippen LogP contribution >= 0.6 is 0 Å². The van der Waals surface area contributed by atoms with Crippen LogP contribution in [0, 0.1) is 6.92 Å². The van der Waals surface area contributed by atoms with E-state index in [1.165, 1.54) is 4.90 Å². The second-order valence-corrected chi connectivity index (χ2v) is 6.53. The third-order valence-electron chi connectivity index (χ3n) is 4.35. The summed E-state index contributed by atoms with van der Waals surface area (Å²) in [6, 6.07) is 13.3. The van der Waals surface area contributed by atoms with Crippen molar-refractivity contribution in [3.05, 3.63) is 53.6 Å². The molecule has 3 rings (SSSR count). The SMILES string of the molecule is COc1ccc(C)cc1CN(C)CC(=O)N1CC(=O)Nc2ccccc21. The molecule has 1 aliphatic rings. The van der Waals surface area contributed by atoms with E-state index in [0.717, 1.165) is 22.6 Å². The average molecular weight is 353 g/mol. The highest BCUT2D eigenvalue weighted by molar-refractivity contribution is 6.10. The van der Waals surface area contributed by atoms with Crippen LogP contribution in [-0.2, 0) is 16.1 Å². The minimum Gasteiger partial charge on any atom is -0.496 e. The highest BCUT2D eigenvalue weighted by Crippen LogP contribution is 2.29. The normalized spacial score (nSPS) is 13.4. The second-order valence-electron chi connectivity index (χ2n) is 6.53. The number of carbonyl (C=O) groups is 2. The molecule has 0 atom stereocenters. The molecule has 26 heavy (non-hydrogen) atoms. The number of likely N-dealkylation sites (N-methyl/N-ethyl adjacent to an activating group) is 1. The Morgan fingerprint density at radius 3 is 2.81 bits per heavy atom. The number of aryl methyl sites for hydroxylation is 1. The second kappa shape index (κ2) is 7.58. The summed E-state index contributed by atoms with van der Waals surface area (Å²) in [5, 5.41) is 2.80. The summed E-state index contributed by atoms with van der Waals surface area (Å²) >= 11 is 0. The quantitative estimate of drug-likeness (QED) is 0.897. The summed E-state index contributed by atoms with van der Waals surface area (Å²) in [6.07, 6.45) is 0. The third kappa shape index (κ3) is 3.86. The molecule has 1 heterocycles. The van der Waals surface area contributed by atoms with Crippen molar-refractivity contribution in [2.24, 2.45) is 0 Å². The number of carbonyl (C=O) groups excluding carboxylic acids is 2. The maximum absolute atomic E-state index is 12.8. The maximum atomic E-state index is 12.8. The number of hydrogen-bond donors (Lipinski definition) is 1. The molecule has 0 spiro atoms. The van der Waals surface area contributed by atoms with Crippen LogP contribution < -0.4 is 15.0 Å². The number of amides is 2. The van der Waals surface area contributed by atoms with Crippen LogP contribution in [0.5, 0.6) is 5.75 Å². The minimum absolute atomic E-state index is 0.0391. The number of rotatable bonds is 5. The number of benzene rings is 2. The number of anilines is 2. The van der Waals surface area contributed by atoms with Gasteiger partial charge in [-0.05, 0) is 32.2 Å². The maximum Gasteiger partial charge on any atom is 0.244 e. The molecule has 2 amide bonds. The molecule has 6 nitrogen and oxygen atoms in total. The van der Waals surface area contributed by atoms with Crippen molar-refractivity contribution in [1.29, 1.82) is 0 Å². The Morgan fingerprint density at radius 2 is 2.04 bits per heavy atom. The number of ether oxygens (including phenoxy) is 1. The largest absolute Gasteiger partial charge is 0.496 e. The number of para-hydroxylation sites is 2. The van der Waals surface area contributed by atoms with Gasteiger partial charge in [0.15, 0.2) is 0 Å². The molecular weight excluding hydrogens is 330 g/mol. The summed E-state index contributed by atoms with van der Waals surface area (Å²) in [5.74, 6) is 0.513. The standard InChI is InChI=1S/C20H23N3O3/c1-14-8-9-18(26-3)15(10-14)11-22(2)13-20(25)23-12-19(24)21-16-6-4-5-7-17(16)23/h4-10H,11-13H2,1-3H3,(H,21,24). The molecule has 0 radical (unpaired) electrons.